The molecule has 1 aliphatic rings. The van der Waals surface area contributed by atoms with Crippen molar-refractivity contribution in [2.45, 2.75) is 39.7 Å². The van der Waals surface area contributed by atoms with E-state index in [0.717, 1.165) is 25.9 Å². The lowest BCUT2D eigenvalue weighted by atomic mass is 10.1. The van der Waals surface area contributed by atoms with E-state index in [0.29, 0.717) is 11.8 Å². The molecule has 1 heterocycles. The van der Waals surface area contributed by atoms with Gasteiger partial charge in [0.15, 0.2) is 0 Å². The van der Waals surface area contributed by atoms with Crippen LogP contribution >= 0.6 is 0 Å². The summed E-state index contributed by atoms with van der Waals surface area (Å²) in [5.41, 5.74) is 5.95. The zero-order valence-corrected chi connectivity index (χ0v) is 9.49. The lowest BCUT2D eigenvalue weighted by molar-refractivity contribution is -0.128. The van der Waals surface area contributed by atoms with Crippen molar-refractivity contribution in [2.24, 2.45) is 17.6 Å². The van der Waals surface area contributed by atoms with Gasteiger partial charge < -0.3 is 10.6 Å². The van der Waals surface area contributed by atoms with Gasteiger partial charge in [0, 0.05) is 25.6 Å². The Labute approximate surface area is 86.6 Å². The number of carbonyl (C=O) groups is 1. The summed E-state index contributed by atoms with van der Waals surface area (Å²) in [5.74, 6) is 1.29. The molecule has 0 aromatic carbocycles. The first-order valence-corrected chi connectivity index (χ1v) is 5.58. The minimum Gasteiger partial charge on any atom is -0.341 e. The van der Waals surface area contributed by atoms with Gasteiger partial charge in [0.05, 0.1) is 0 Å². The van der Waals surface area contributed by atoms with Gasteiger partial charge in [0.2, 0.25) is 5.91 Å². The Morgan fingerprint density at radius 1 is 1.57 bits per heavy atom. The molecule has 3 heteroatoms. The van der Waals surface area contributed by atoms with Gasteiger partial charge >= 0.3 is 0 Å². The van der Waals surface area contributed by atoms with Crippen molar-refractivity contribution in [2.75, 3.05) is 13.1 Å². The highest BCUT2D eigenvalue weighted by atomic mass is 16.2. The number of amides is 1. The second kappa shape index (κ2) is 4.78. The molecule has 0 aromatic heterocycles. The summed E-state index contributed by atoms with van der Waals surface area (Å²) in [5, 5.41) is 0. The zero-order chi connectivity index (χ0) is 10.7. The number of nitrogens with two attached hydrogens (primary N) is 1. The van der Waals surface area contributed by atoms with Crippen molar-refractivity contribution >= 4 is 5.91 Å². The molecule has 2 N–H and O–H groups in total. The summed E-state index contributed by atoms with van der Waals surface area (Å²) >= 11 is 0. The van der Waals surface area contributed by atoms with E-state index in [2.05, 4.69) is 20.8 Å². The zero-order valence-electron chi connectivity index (χ0n) is 9.49. The predicted octanol–water partition coefficient (Wildman–Crippen LogP) is 1.23. The third-order valence-corrected chi connectivity index (χ3v) is 3.16. The predicted molar refractivity (Wildman–Crippen MR) is 57.8 cm³/mol. The third kappa shape index (κ3) is 2.71. The minimum atomic E-state index is 0.120. The van der Waals surface area contributed by atoms with Gasteiger partial charge in [0.1, 0.15) is 0 Å². The Balaban J connectivity index is 2.42. The molecule has 2 unspecified atom stereocenters. The largest absolute Gasteiger partial charge is 0.341 e. The molecule has 2 atom stereocenters. The first-order valence-electron chi connectivity index (χ1n) is 5.58. The van der Waals surface area contributed by atoms with E-state index in [1.54, 1.807) is 0 Å². The summed E-state index contributed by atoms with van der Waals surface area (Å²) in [6, 6.07) is 0.120. The standard InChI is InChI=1S/C11H22N2O/c1-4-9-5-11(14)13(6-9)7-10(12)8(2)3/h8-10H,4-7,12H2,1-3H3. The summed E-state index contributed by atoms with van der Waals surface area (Å²) < 4.78 is 0. The van der Waals surface area contributed by atoms with Crippen LogP contribution in [-0.4, -0.2) is 29.9 Å². The SMILES string of the molecule is CCC1CC(=O)N(CC(N)C(C)C)C1. The van der Waals surface area contributed by atoms with Crippen molar-refractivity contribution in [1.82, 2.24) is 4.90 Å². The van der Waals surface area contributed by atoms with Crippen LogP contribution in [0.25, 0.3) is 0 Å². The molecule has 0 bridgehead atoms. The maximum Gasteiger partial charge on any atom is 0.222 e. The molecule has 1 fully saturated rings. The van der Waals surface area contributed by atoms with Crippen LogP contribution in [0.5, 0.6) is 0 Å². The van der Waals surface area contributed by atoms with E-state index < -0.39 is 0 Å². The monoisotopic (exact) mass is 198 g/mol. The summed E-state index contributed by atoms with van der Waals surface area (Å²) in [6.07, 6.45) is 1.82. The fraction of sp³-hybridized carbons (Fsp3) is 0.909. The average Bonchev–Trinajstić information content (AvgIpc) is 2.47. The summed E-state index contributed by atoms with van der Waals surface area (Å²) in [7, 11) is 0. The van der Waals surface area contributed by atoms with Crippen molar-refractivity contribution in [1.29, 1.82) is 0 Å². The Morgan fingerprint density at radius 2 is 2.21 bits per heavy atom. The molecule has 1 saturated heterocycles. The molecular formula is C11H22N2O. The van der Waals surface area contributed by atoms with E-state index in [1.165, 1.54) is 0 Å². The first kappa shape index (κ1) is 11.5. The minimum absolute atomic E-state index is 0.120. The highest BCUT2D eigenvalue weighted by Gasteiger charge is 2.29. The fourth-order valence-electron chi connectivity index (χ4n) is 1.77. The highest BCUT2D eigenvalue weighted by Crippen LogP contribution is 2.20. The van der Waals surface area contributed by atoms with E-state index in [-0.39, 0.29) is 11.9 Å². The smallest absolute Gasteiger partial charge is 0.222 e. The topological polar surface area (TPSA) is 46.3 Å². The average molecular weight is 198 g/mol. The number of hydrogen-bond acceptors (Lipinski definition) is 2. The maximum absolute atomic E-state index is 11.6. The van der Waals surface area contributed by atoms with Crippen LogP contribution in [0.15, 0.2) is 0 Å². The molecule has 0 aromatic rings. The van der Waals surface area contributed by atoms with E-state index in [4.69, 9.17) is 5.73 Å². The lowest BCUT2D eigenvalue weighted by Gasteiger charge is -2.23. The third-order valence-electron chi connectivity index (χ3n) is 3.16. The fourth-order valence-corrected chi connectivity index (χ4v) is 1.77. The number of carbonyl (C=O) groups excluding carboxylic acids is 1. The molecule has 1 amide bonds. The molecule has 14 heavy (non-hydrogen) atoms. The molecule has 82 valence electrons. The molecule has 3 nitrogen and oxygen atoms in total. The van der Waals surface area contributed by atoms with Crippen LogP contribution in [0, 0.1) is 11.8 Å². The second-order valence-electron chi connectivity index (χ2n) is 4.68. The quantitative estimate of drug-likeness (QED) is 0.738. The van der Waals surface area contributed by atoms with Gasteiger partial charge in [-0.2, -0.15) is 0 Å². The Bertz CT molecular complexity index is 203. The van der Waals surface area contributed by atoms with Gasteiger partial charge in [-0.3, -0.25) is 4.79 Å². The normalized spacial score (nSPS) is 24.8. The highest BCUT2D eigenvalue weighted by molar-refractivity contribution is 5.78. The van der Waals surface area contributed by atoms with Gasteiger partial charge in [-0.15, -0.1) is 0 Å². The molecule has 0 saturated carbocycles. The van der Waals surface area contributed by atoms with Crippen molar-refractivity contribution < 1.29 is 4.79 Å². The molecular weight excluding hydrogens is 176 g/mol. The molecule has 0 spiro atoms. The van der Waals surface area contributed by atoms with E-state index in [1.807, 2.05) is 4.90 Å². The molecule has 1 aliphatic heterocycles. The number of rotatable bonds is 4. The van der Waals surface area contributed by atoms with Crippen LogP contribution in [-0.2, 0) is 4.79 Å². The number of nitrogens with zero attached hydrogens (tertiary/aromatic N) is 1. The van der Waals surface area contributed by atoms with Crippen LogP contribution in [0.4, 0.5) is 0 Å². The molecule has 0 aliphatic carbocycles. The van der Waals surface area contributed by atoms with Crippen LogP contribution in [0.1, 0.15) is 33.6 Å². The molecule has 1 rings (SSSR count). The van der Waals surface area contributed by atoms with Gasteiger partial charge in [0.25, 0.3) is 0 Å². The second-order valence-corrected chi connectivity index (χ2v) is 4.68. The van der Waals surface area contributed by atoms with Gasteiger partial charge in [-0.25, -0.2) is 0 Å². The number of hydrogen-bond donors (Lipinski definition) is 1. The summed E-state index contributed by atoms with van der Waals surface area (Å²) in [6.45, 7) is 7.98. The van der Waals surface area contributed by atoms with Crippen LogP contribution < -0.4 is 5.73 Å². The summed E-state index contributed by atoms with van der Waals surface area (Å²) in [4.78, 5) is 13.5. The van der Waals surface area contributed by atoms with Crippen molar-refractivity contribution in [3.63, 3.8) is 0 Å². The van der Waals surface area contributed by atoms with Crippen molar-refractivity contribution in [3.05, 3.63) is 0 Å². The van der Waals surface area contributed by atoms with Crippen molar-refractivity contribution in [3.8, 4) is 0 Å². The lowest BCUT2D eigenvalue weighted by Crippen LogP contribution is -2.41. The van der Waals surface area contributed by atoms with E-state index in [9.17, 15) is 4.79 Å². The first-order chi connectivity index (χ1) is 6.54. The van der Waals surface area contributed by atoms with E-state index >= 15 is 0 Å². The maximum atomic E-state index is 11.6. The Hall–Kier alpha value is -0.570. The van der Waals surface area contributed by atoms with Gasteiger partial charge in [-0.1, -0.05) is 27.2 Å². The Kier molecular flexibility index (Phi) is 3.93. The molecule has 0 radical (unpaired) electrons. The Morgan fingerprint density at radius 3 is 2.64 bits per heavy atom. The number of likely N-dealkylation sites (tertiary alicyclic amines) is 1. The van der Waals surface area contributed by atoms with Crippen LogP contribution in [0.3, 0.4) is 0 Å². The van der Waals surface area contributed by atoms with Gasteiger partial charge in [-0.05, 0) is 11.8 Å². The van der Waals surface area contributed by atoms with Crippen LogP contribution in [0.2, 0.25) is 0 Å².